The Hall–Kier alpha value is -1.33. The van der Waals surface area contributed by atoms with Gasteiger partial charge < -0.3 is 15.7 Å². The molecule has 6 heteroatoms. The number of pyridine rings is 1. The van der Waals surface area contributed by atoms with Gasteiger partial charge in [0.15, 0.2) is 0 Å². The number of nitrogens with zero attached hydrogens (tertiary/aromatic N) is 1. The highest BCUT2D eigenvalue weighted by atomic mass is 35.5. The first kappa shape index (κ1) is 12.1. The van der Waals surface area contributed by atoms with E-state index in [9.17, 15) is 4.79 Å². The first-order valence-electron chi connectivity index (χ1n) is 5.53. The van der Waals surface area contributed by atoms with Gasteiger partial charge in [0.2, 0.25) is 0 Å². The van der Waals surface area contributed by atoms with E-state index in [1.165, 1.54) is 6.20 Å². The summed E-state index contributed by atoms with van der Waals surface area (Å²) in [6.45, 7) is 1.85. The number of hydrogen-bond donors (Lipinski definition) is 3. The lowest BCUT2D eigenvalue weighted by atomic mass is 10.1. The molecule has 1 saturated heterocycles. The van der Waals surface area contributed by atoms with Gasteiger partial charge in [0.1, 0.15) is 10.7 Å². The number of piperidine rings is 1. The second kappa shape index (κ2) is 5.33. The Morgan fingerprint density at radius 1 is 1.65 bits per heavy atom. The van der Waals surface area contributed by atoms with Crippen LogP contribution in [0.4, 0.5) is 5.69 Å². The van der Waals surface area contributed by atoms with Crippen molar-refractivity contribution in [2.75, 3.05) is 18.4 Å². The van der Waals surface area contributed by atoms with Crippen molar-refractivity contribution in [3.63, 3.8) is 0 Å². The fraction of sp³-hybridized carbons (Fsp3) is 0.455. The molecule has 2 rings (SSSR count). The molecule has 17 heavy (non-hydrogen) atoms. The summed E-state index contributed by atoms with van der Waals surface area (Å²) in [6, 6.07) is 1.79. The van der Waals surface area contributed by atoms with Crippen molar-refractivity contribution in [2.45, 2.75) is 18.9 Å². The van der Waals surface area contributed by atoms with Crippen molar-refractivity contribution < 1.29 is 9.90 Å². The van der Waals surface area contributed by atoms with E-state index in [-0.39, 0.29) is 11.6 Å². The van der Waals surface area contributed by atoms with Crippen molar-refractivity contribution in [2.24, 2.45) is 0 Å². The van der Waals surface area contributed by atoms with Crippen LogP contribution in [0.15, 0.2) is 12.3 Å². The van der Waals surface area contributed by atoms with Crippen LogP contribution in [0, 0.1) is 0 Å². The summed E-state index contributed by atoms with van der Waals surface area (Å²) in [5.41, 5.74) is 0.686. The molecule has 1 aliphatic heterocycles. The van der Waals surface area contributed by atoms with Gasteiger partial charge in [0.05, 0.1) is 5.69 Å². The molecule has 0 bridgehead atoms. The number of hydrogen-bond acceptors (Lipinski definition) is 4. The molecular weight excluding hydrogens is 242 g/mol. The van der Waals surface area contributed by atoms with Crippen LogP contribution in [0.5, 0.6) is 0 Å². The molecule has 1 aromatic heterocycles. The highest BCUT2D eigenvalue weighted by Crippen LogP contribution is 2.21. The summed E-state index contributed by atoms with van der Waals surface area (Å²) in [4.78, 5) is 14.8. The molecule has 0 unspecified atom stereocenters. The number of rotatable bonds is 3. The minimum absolute atomic E-state index is 0.153. The fourth-order valence-electron chi connectivity index (χ4n) is 1.91. The molecule has 0 saturated carbocycles. The maximum Gasteiger partial charge on any atom is 0.339 e. The second-order valence-electron chi connectivity index (χ2n) is 4.05. The molecule has 3 N–H and O–H groups in total. The van der Waals surface area contributed by atoms with Gasteiger partial charge in [0, 0.05) is 18.8 Å². The number of carboxylic acid groups (broad SMARTS) is 1. The SMILES string of the molecule is O=C(O)c1cnc(Cl)cc1N[C@H]1CCCNC1. The fourth-order valence-corrected chi connectivity index (χ4v) is 2.07. The topological polar surface area (TPSA) is 74.2 Å². The first-order chi connectivity index (χ1) is 8.16. The highest BCUT2D eigenvalue weighted by molar-refractivity contribution is 6.29. The van der Waals surface area contributed by atoms with E-state index in [4.69, 9.17) is 16.7 Å². The first-order valence-corrected chi connectivity index (χ1v) is 5.90. The molecule has 2 heterocycles. The maximum atomic E-state index is 11.0. The standard InChI is InChI=1S/C11H14ClN3O2/c12-10-4-9(8(6-14-10)11(16)17)15-7-2-1-3-13-5-7/h4,6-7,13H,1-3,5H2,(H,14,15)(H,16,17)/t7-/m0/s1. The van der Waals surface area contributed by atoms with Crippen molar-refractivity contribution in [1.82, 2.24) is 10.3 Å². The van der Waals surface area contributed by atoms with Crippen molar-refractivity contribution in [1.29, 1.82) is 0 Å². The van der Waals surface area contributed by atoms with Crippen LogP contribution in [-0.2, 0) is 0 Å². The molecule has 1 fully saturated rings. The molecule has 0 aromatic carbocycles. The van der Waals surface area contributed by atoms with Crippen LogP contribution in [0.25, 0.3) is 0 Å². The van der Waals surface area contributed by atoms with Crippen LogP contribution in [-0.4, -0.2) is 35.2 Å². The maximum absolute atomic E-state index is 11.0. The Labute approximate surface area is 104 Å². The van der Waals surface area contributed by atoms with Crippen LogP contribution in [0.2, 0.25) is 5.15 Å². The van der Waals surface area contributed by atoms with Crippen LogP contribution in [0.1, 0.15) is 23.2 Å². The number of carbonyl (C=O) groups is 1. The summed E-state index contributed by atoms with van der Waals surface area (Å²) in [6.07, 6.45) is 3.38. The van der Waals surface area contributed by atoms with Crippen LogP contribution < -0.4 is 10.6 Å². The van der Waals surface area contributed by atoms with Gasteiger partial charge in [-0.1, -0.05) is 11.6 Å². The normalized spacial score (nSPS) is 19.9. The van der Waals surface area contributed by atoms with Gasteiger partial charge in [-0.3, -0.25) is 0 Å². The van der Waals surface area contributed by atoms with E-state index in [2.05, 4.69) is 15.6 Å². The van der Waals surface area contributed by atoms with Crippen molar-refractivity contribution >= 4 is 23.3 Å². The summed E-state index contributed by atoms with van der Waals surface area (Å²) in [5.74, 6) is -1.000. The third-order valence-corrected chi connectivity index (χ3v) is 2.96. The largest absolute Gasteiger partial charge is 0.478 e. The Kier molecular flexibility index (Phi) is 3.81. The number of carboxylic acids is 1. The lowest BCUT2D eigenvalue weighted by Crippen LogP contribution is -2.38. The van der Waals surface area contributed by atoms with E-state index in [0.717, 1.165) is 25.9 Å². The summed E-state index contributed by atoms with van der Waals surface area (Å²) in [5, 5.41) is 15.8. The molecule has 1 aromatic rings. The van der Waals surface area contributed by atoms with Gasteiger partial charge in [-0.25, -0.2) is 9.78 Å². The van der Waals surface area contributed by atoms with E-state index in [1.807, 2.05) is 0 Å². The number of halogens is 1. The van der Waals surface area contributed by atoms with Gasteiger partial charge in [-0.05, 0) is 25.5 Å². The summed E-state index contributed by atoms with van der Waals surface area (Å²) < 4.78 is 0. The number of nitrogens with one attached hydrogen (secondary N) is 2. The second-order valence-corrected chi connectivity index (χ2v) is 4.43. The molecule has 1 aliphatic rings. The molecule has 1 atom stereocenters. The monoisotopic (exact) mass is 255 g/mol. The number of aromatic nitrogens is 1. The van der Waals surface area contributed by atoms with Gasteiger partial charge in [-0.15, -0.1) is 0 Å². The molecule has 0 spiro atoms. The Morgan fingerprint density at radius 3 is 3.12 bits per heavy atom. The van der Waals surface area contributed by atoms with Crippen molar-refractivity contribution in [3.05, 3.63) is 23.0 Å². The summed E-state index contributed by atoms with van der Waals surface area (Å²) >= 11 is 5.78. The van der Waals surface area contributed by atoms with E-state index in [1.54, 1.807) is 6.07 Å². The summed E-state index contributed by atoms with van der Waals surface area (Å²) in [7, 11) is 0. The predicted molar refractivity (Wildman–Crippen MR) is 65.7 cm³/mol. The minimum atomic E-state index is -1.000. The zero-order valence-electron chi connectivity index (χ0n) is 9.24. The Bertz CT molecular complexity index is 419. The zero-order valence-corrected chi connectivity index (χ0v) is 10.00. The Balaban J connectivity index is 2.17. The van der Waals surface area contributed by atoms with E-state index >= 15 is 0 Å². The third kappa shape index (κ3) is 3.08. The average molecular weight is 256 g/mol. The third-order valence-electron chi connectivity index (χ3n) is 2.76. The lowest BCUT2D eigenvalue weighted by Gasteiger charge is -2.25. The van der Waals surface area contributed by atoms with Crippen LogP contribution in [0.3, 0.4) is 0 Å². The van der Waals surface area contributed by atoms with E-state index < -0.39 is 5.97 Å². The van der Waals surface area contributed by atoms with E-state index in [0.29, 0.717) is 10.8 Å². The Morgan fingerprint density at radius 2 is 2.47 bits per heavy atom. The van der Waals surface area contributed by atoms with Gasteiger partial charge >= 0.3 is 5.97 Å². The lowest BCUT2D eigenvalue weighted by molar-refractivity contribution is 0.0697. The van der Waals surface area contributed by atoms with Gasteiger partial charge in [-0.2, -0.15) is 0 Å². The molecule has 92 valence electrons. The molecular formula is C11H14ClN3O2. The molecule has 0 aliphatic carbocycles. The predicted octanol–water partition coefficient (Wildman–Crippen LogP) is 1.60. The quantitative estimate of drug-likeness (QED) is 0.716. The molecule has 0 radical (unpaired) electrons. The van der Waals surface area contributed by atoms with Crippen molar-refractivity contribution in [3.8, 4) is 0 Å². The number of anilines is 1. The molecule has 0 amide bonds. The van der Waals surface area contributed by atoms with Gasteiger partial charge in [0.25, 0.3) is 0 Å². The minimum Gasteiger partial charge on any atom is -0.478 e. The highest BCUT2D eigenvalue weighted by Gasteiger charge is 2.17. The van der Waals surface area contributed by atoms with Crippen LogP contribution >= 0.6 is 11.6 Å². The number of aromatic carboxylic acids is 1. The smallest absolute Gasteiger partial charge is 0.339 e. The average Bonchev–Trinajstić information content (AvgIpc) is 2.30. The zero-order chi connectivity index (χ0) is 12.3. The molecule has 5 nitrogen and oxygen atoms in total.